The Morgan fingerprint density at radius 3 is 2.30 bits per heavy atom. The smallest absolute Gasteiger partial charge is 0.394 e. The van der Waals surface area contributed by atoms with Gasteiger partial charge in [0, 0.05) is 0 Å². The highest BCUT2D eigenvalue weighted by atomic mass is 19.4. The van der Waals surface area contributed by atoms with Crippen LogP contribution in [0.15, 0.2) is 18.2 Å². The lowest BCUT2D eigenvalue weighted by Crippen LogP contribution is -2.42. The molecule has 1 aromatic carbocycles. The molecule has 4 unspecified atom stereocenters. The van der Waals surface area contributed by atoms with Crippen LogP contribution < -0.4 is 0 Å². The number of hydrogen-bond donors (Lipinski definition) is 6. The van der Waals surface area contributed by atoms with Crippen LogP contribution in [0.5, 0.6) is 0 Å². The Hall–Kier alpha value is -1.72. The van der Waals surface area contributed by atoms with E-state index in [4.69, 9.17) is 5.11 Å². The maximum absolute atomic E-state index is 12.6. The zero-order valence-electron chi connectivity index (χ0n) is 11.6. The van der Waals surface area contributed by atoms with E-state index in [1.54, 1.807) is 0 Å². The van der Waals surface area contributed by atoms with E-state index in [9.17, 15) is 33.6 Å². The number of nitrogens with zero attached hydrogens (tertiary/aromatic N) is 1. The normalized spacial score (nSPS) is 17.9. The maximum Gasteiger partial charge on any atom is 0.416 e. The Balaban J connectivity index is 2.29. The molecule has 2 aromatic rings. The molecule has 128 valence electrons. The van der Waals surface area contributed by atoms with E-state index < -0.39 is 42.8 Å². The third-order valence-corrected chi connectivity index (χ3v) is 3.36. The van der Waals surface area contributed by atoms with Gasteiger partial charge in [0.1, 0.15) is 30.2 Å². The third kappa shape index (κ3) is 3.62. The second-order valence-corrected chi connectivity index (χ2v) is 5.03. The number of fused-ring (bicyclic) bond motifs is 1. The molecule has 23 heavy (non-hydrogen) atoms. The number of aliphatic hydroxyl groups excluding tert-OH is 5. The van der Waals surface area contributed by atoms with E-state index in [1.165, 1.54) is 0 Å². The van der Waals surface area contributed by atoms with Gasteiger partial charge in [0.15, 0.2) is 0 Å². The SMILES string of the molecule is OCC(O)C(O)C(O)C(O)c1nc2ccc(C(F)(F)F)cc2[nH]1. The molecule has 0 fully saturated rings. The van der Waals surface area contributed by atoms with Gasteiger partial charge in [-0.3, -0.25) is 0 Å². The molecule has 7 nitrogen and oxygen atoms in total. The first-order chi connectivity index (χ1) is 10.6. The number of aromatic amines is 1. The van der Waals surface area contributed by atoms with Crippen LogP contribution in [0.1, 0.15) is 17.5 Å². The van der Waals surface area contributed by atoms with Crippen molar-refractivity contribution in [3.63, 3.8) is 0 Å². The molecule has 6 N–H and O–H groups in total. The van der Waals surface area contributed by atoms with Crippen molar-refractivity contribution in [3.8, 4) is 0 Å². The van der Waals surface area contributed by atoms with E-state index in [-0.39, 0.29) is 16.9 Å². The molecule has 0 radical (unpaired) electrons. The summed E-state index contributed by atoms with van der Waals surface area (Å²) in [6.07, 6.45) is -11.8. The van der Waals surface area contributed by atoms with Gasteiger partial charge in [-0.1, -0.05) is 0 Å². The average Bonchev–Trinajstić information content (AvgIpc) is 2.94. The Labute approximate surface area is 127 Å². The van der Waals surface area contributed by atoms with Gasteiger partial charge in [-0.15, -0.1) is 0 Å². The van der Waals surface area contributed by atoms with Crippen LogP contribution in [0.4, 0.5) is 13.2 Å². The average molecular weight is 336 g/mol. The van der Waals surface area contributed by atoms with Crippen molar-refractivity contribution < 1.29 is 38.7 Å². The van der Waals surface area contributed by atoms with Crippen LogP contribution in [0.2, 0.25) is 0 Å². The zero-order valence-corrected chi connectivity index (χ0v) is 11.6. The molecule has 1 aromatic heterocycles. The summed E-state index contributed by atoms with van der Waals surface area (Å²) in [5.74, 6) is -0.281. The fourth-order valence-corrected chi connectivity index (χ4v) is 2.03. The van der Waals surface area contributed by atoms with Crippen molar-refractivity contribution >= 4 is 11.0 Å². The second-order valence-electron chi connectivity index (χ2n) is 5.03. The molecule has 2 rings (SSSR count). The fourth-order valence-electron chi connectivity index (χ4n) is 2.03. The Morgan fingerprint density at radius 1 is 1.09 bits per heavy atom. The number of aromatic nitrogens is 2. The predicted octanol–water partition coefficient (Wildman–Crippen LogP) is -0.310. The lowest BCUT2D eigenvalue weighted by Gasteiger charge is -2.24. The number of H-pyrrole nitrogens is 1. The van der Waals surface area contributed by atoms with Gasteiger partial charge in [0.05, 0.1) is 23.2 Å². The van der Waals surface area contributed by atoms with Gasteiger partial charge in [0.2, 0.25) is 0 Å². The van der Waals surface area contributed by atoms with Gasteiger partial charge in [-0.25, -0.2) is 4.98 Å². The molecule has 10 heteroatoms. The van der Waals surface area contributed by atoms with Gasteiger partial charge >= 0.3 is 6.18 Å². The van der Waals surface area contributed by atoms with Gasteiger partial charge in [-0.05, 0) is 18.2 Å². The van der Waals surface area contributed by atoms with E-state index in [0.717, 1.165) is 18.2 Å². The summed E-state index contributed by atoms with van der Waals surface area (Å²) in [4.78, 5) is 6.26. The minimum Gasteiger partial charge on any atom is -0.394 e. The lowest BCUT2D eigenvalue weighted by molar-refractivity contribution is -0.137. The summed E-state index contributed by atoms with van der Waals surface area (Å²) in [5, 5.41) is 47.1. The van der Waals surface area contributed by atoms with Crippen molar-refractivity contribution in [1.29, 1.82) is 0 Å². The Bertz CT molecular complexity index is 675. The molecule has 0 spiro atoms. The fraction of sp³-hybridized carbons (Fsp3) is 0.462. The van der Waals surface area contributed by atoms with Gasteiger partial charge < -0.3 is 30.5 Å². The number of nitrogens with one attached hydrogen (secondary N) is 1. The lowest BCUT2D eigenvalue weighted by atomic mass is 10.0. The minimum absolute atomic E-state index is 0.0155. The van der Waals surface area contributed by atoms with Crippen molar-refractivity contribution in [2.45, 2.75) is 30.6 Å². The predicted molar refractivity (Wildman–Crippen MR) is 71.2 cm³/mol. The molecule has 1 heterocycles. The second kappa shape index (κ2) is 6.42. The van der Waals surface area contributed by atoms with Gasteiger partial charge in [0.25, 0.3) is 0 Å². The van der Waals surface area contributed by atoms with Crippen LogP contribution in [0.25, 0.3) is 11.0 Å². The monoisotopic (exact) mass is 336 g/mol. The summed E-state index contributed by atoms with van der Waals surface area (Å²) in [7, 11) is 0. The number of benzene rings is 1. The van der Waals surface area contributed by atoms with E-state index in [2.05, 4.69) is 9.97 Å². The number of aliphatic hydroxyl groups is 5. The highest BCUT2D eigenvalue weighted by molar-refractivity contribution is 5.76. The molecule has 0 amide bonds. The van der Waals surface area contributed by atoms with Crippen molar-refractivity contribution in [3.05, 3.63) is 29.6 Å². The summed E-state index contributed by atoms with van der Waals surface area (Å²) >= 11 is 0. The minimum atomic E-state index is -4.54. The largest absolute Gasteiger partial charge is 0.416 e. The van der Waals surface area contributed by atoms with Gasteiger partial charge in [-0.2, -0.15) is 13.2 Å². The standard InChI is InChI=1S/C13H15F3N2O5/c14-13(15,16)5-1-2-6-7(3-5)18-12(17-6)11(23)10(22)9(21)8(20)4-19/h1-3,8-11,19-23H,4H2,(H,17,18). The summed E-state index contributed by atoms with van der Waals surface area (Å²) in [5.41, 5.74) is -0.805. The highest BCUT2D eigenvalue weighted by Gasteiger charge is 2.33. The first-order valence-electron chi connectivity index (χ1n) is 6.55. The topological polar surface area (TPSA) is 130 Å². The van der Waals surface area contributed by atoms with Crippen molar-refractivity contribution in [1.82, 2.24) is 9.97 Å². The zero-order chi connectivity index (χ0) is 17.4. The van der Waals surface area contributed by atoms with Crippen molar-refractivity contribution in [2.75, 3.05) is 6.61 Å². The number of hydrogen-bond acceptors (Lipinski definition) is 6. The molecule has 0 aliphatic carbocycles. The van der Waals surface area contributed by atoms with Crippen LogP contribution in [-0.2, 0) is 6.18 Å². The molecule has 4 atom stereocenters. The first kappa shape index (κ1) is 17.6. The molecule has 0 saturated heterocycles. The maximum atomic E-state index is 12.6. The highest BCUT2D eigenvalue weighted by Crippen LogP contribution is 2.31. The van der Waals surface area contributed by atoms with Crippen LogP contribution in [0.3, 0.4) is 0 Å². The van der Waals surface area contributed by atoms with E-state index in [0.29, 0.717) is 0 Å². The van der Waals surface area contributed by atoms with E-state index >= 15 is 0 Å². The summed E-state index contributed by atoms with van der Waals surface area (Å²) < 4.78 is 37.9. The van der Waals surface area contributed by atoms with Crippen LogP contribution >= 0.6 is 0 Å². The molecule has 0 aliphatic heterocycles. The number of rotatable bonds is 5. The molecular weight excluding hydrogens is 321 g/mol. The third-order valence-electron chi connectivity index (χ3n) is 3.36. The van der Waals surface area contributed by atoms with Crippen LogP contribution in [0, 0.1) is 0 Å². The number of imidazole rings is 1. The van der Waals surface area contributed by atoms with Crippen molar-refractivity contribution in [2.24, 2.45) is 0 Å². The quantitative estimate of drug-likeness (QED) is 0.444. The number of alkyl halides is 3. The van der Waals surface area contributed by atoms with Crippen LogP contribution in [-0.4, -0.2) is 60.4 Å². The molecule has 0 saturated carbocycles. The van der Waals surface area contributed by atoms with E-state index in [1.807, 2.05) is 0 Å². The molecule has 0 bridgehead atoms. The summed E-state index contributed by atoms with van der Waals surface area (Å²) in [6.45, 7) is -0.847. The molecule has 0 aliphatic rings. The molecular formula is C13H15F3N2O5. The summed E-state index contributed by atoms with van der Waals surface area (Å²) in [6, 6.07) is 2.71. The Morgan fingerprint density at radius 2 is 1.74 bits per heavy atom. The Kier molecular flexibility index (Phi) is 4.92. The first-order valence-corrected chi connectivity index (χ1v) is 6.55. The number of halogens is 3.